The molecule has 7 nitrogen and oxygen atoms in total. The van der Waals surface area contributed by atoms with Gasteiger partial charge in [-0.25, -0.2) is 9.59 Å². The molecule has 0 aliphatic carbocycles. The van der Waals surface area contributed by atoms with Gasteiger partial charge >= 0.3 is 11.9 Å². The molecule has 0 aliphatic rings. The molecule has 0 radical (unpaired) electrons. The smallest absolute Gasteiger partial charge is 0.417 e. The van der Waals surface area contributed by atoms with Crippen LogP contribution in [0.4, 0.5) is 0 Å². The zero-order valence-corrected chi connectivity index (χ0v) is 16.5. The number of Topliss-reactive ketones (excluding diaryl/α,β-unsaturated/α-hetero) is 1. The Morgan fingerprint density at radius 1 is 0.846 bits per heavy atom. The minimum Gasteiger partial charge on any atom is -0.457 e. The Morgan fingerprint density at radius 2 is 1.31 bits per heavy atom. The van der Waals surface area contributed by atoms with Crippen LogP contribution in [0.1, 0.15) is 48.0 Å². The van der Waals surface area contributed by atoms with Crippen molar-refractivity contribution < 1.29 is 28.7 Å². The molecule has 0 unspecified atom stereocenters. The van der Waals surface area contributed by atoms with E-state index in [-0.39, 0.29) is 31.3 Å². The molecule has 0 fully saturated rings. The molecule has 26 heavy (non-hydrogen) atoms. The van der Waals surface area contributed by atoms with E-state index < -0.39 is 22.9 Å². The maximum absolute atomic E-state index is 11.8. The van der Waals surface area contributed by atoms with E-state index in [2.05, 4.69) is 18.5 Å². The van der Waals surface area contributed by atoms with Crippen LogP contribution in [-0.2, 0) is 28.7 Å². The van der Waals surface area contributed by atoms with Crippen LogP contribution in [0.2, 0.25) is 0 Å². The lowest BCUT2D eigenvalue weighted by atomic mass is 9.87. The third-order valence-corrected chi connectivity index (χ3v) is 3.28. The minimum atomic E-state index is -1.16. The molecule has 0 bridgehead atoms. The molecule has 0 rings (SSSR count). The fraction of sp³-hybridized carbons (Fsp3) is 0.579. The van der Waals surface area contributed by atoms with E-state index in [0.29, 0.717) is 11.1 Å². The van der Waals surface area contributed by atoms with E-state index in [1.54, 1.807) is 41.5 Å². The van der Waals surface area contributed by atoms with Crippen LogP contribution in [0.3, 0.4) is 0 Å². The van der Waals surface area contributed by atoms with Crippen molar-refractivity contribution in [2.24, 2.45) is 5.41 Å². The quantitative estimate of drug-likeness (QED) is 0.381. The molecule has 0 heterocycles. The molecule has 0 aromatic rings. The highest BCUT2D eigenvalue weighted by Crippen LogP contribution is 2.22. The first-order chi connectivity index (χ1) is 11.7. The minimum absolute atomic E-state index is 0.115. The van der Waals surface area contributed by atoms with Gasteiger partial charge in [0.15, 0.2) is 5.78 Å². The number of carbonyl (C=O) groups excluding carboxylic acids is 4. The summed E-state index contributed by atoms with van der Waals surface area (Å²) in [5.74, 6) is -2.83. The highest BCUT2D eigenvalue weighted by molar-refractivity contribution is 6.29. The Hall–Kier alpha value is -2.44. The van der Waals surface area contributed by atoms with Gasteiger partial charge in [-0.3, -0.25) is 9.59 Å². The van der Waals surface area contributed by atoms with Gasteiger partial charge in [0.05, 0.1) is 12.1 Å². The molecule has 0 saturated heterocycles. The molecular weight excluding hydrogens is 338 g/mol. The zero-order chi connectivity index (χ0) is 20.7. The number of hydrogen-bond acceptors (Lipinski definition) is 6. The standard InChI is InChI=1S/C19H29NO6/c1-12(2)14(21)9-18(5,6)10-25-16(23)17(24)26-11-19(7,8)20-15(22)13(3)4/h1,3,9-11H2,2,4-8H3,(H,20,22). The normalized spacial score (nSPS) is 11.3. The molecule has 0 atom stereocenters. The first-order valence-electron chi connectivity index (χ1n) is 8.17. The topological polar surface area (TPSA) is 98.8 Å². The predicted octanol–water partition coefficient (Wildman–Crippen LogP) is 2.11. The van der Waals surface area contributed by atoms with Gasteiger partial charge in [0.1, 0.15) is 6.61 Å². The summed E-state index contributed by atoms with van der Waals surface area (Å²) in [7, 11) is 0. The van der Waals surface area contributed by atoms with Gasteiger partial charge < -0.3 is 14.8 Å². The molecule has 0 spiro atoms. The number of amides is 1. The molecular formula is C19H29NO6. The maximum atomic E-state index is 11.8. The lowest BCUT2D eigenvalue weighted by molar-refractivity contribution is -0.170. The molecule has 7 heteroatoms. The van der Waals surface area contributed by atoms with E-state index in [1.165, 1.54) is 0 Å². The average Bonchev–Trinajstić information content (AvgIpc) is 2.49. The van der Waals surface area contributed by atoms with Gasteiger partial charge in [-0.15, -0.1) is 0 Å². The van der Waals surface area contributed by atoms with Crippen LogP contribution >= 0.6 is 0 Å². The molecule has 146 valence electrons. The molecule has 0 aromatic heterocycles. The lowest BCUT2D eigenvalue weighted by Gasteiger charge is -2.26. The fourth-order valence-electron chi connectivity index (χ4n) is 1.71. The Kier molecular flexibility index (Phi) is 8.44. The first-order valence-corrected chi connectivity index (χ1v) is 8.17. The molecule has 0 aromatic carbocycles. The van der Waals surface area contributed by atoms with E-state index in [9.17, 15) is 19.2 Å². The number of rotatable bonds is 9. The van der Waals surface area contributed by atoms with Gasteiger partial charge in [-0.2, -0.15) is 0 Å². The second-order valence-electron chi connectivity index (χ2n) is 7.82. The largest absolute Gasteiger partial charge is 0.457 e. The van der Waals surface area contributed by atoms with Gasteiger partial charge in [-0.05, 0) is 33.3 Å². The van der Waals surface area contributed by atoms with Crippen molar-refractivity contribution in [3.05, 3.63) is 24.3 Å². The molecule has 1 N–H and O–H groups in total. The number of ketones is 1. The van der Waals surface area contributed by atoms with Crippen LogP contribution in [0.15, 0.2) is 24.3 Å². The zero-order valence-electron chi connectivity index (χ0n) is 16.5. The summed E-state index contributed by atoms with van der Waals surface area (Å²) in [6, 6.07) is 0. The van der Waals surface area contributed by atoms with Crippen molar-refractivity contribution in [2.75, 3.05) is 13.2 Å². The van der Waals surface area contributed by atoms with Crippen molar-refractivity contribution in [1.29, 1.82) is 0 Å². The number of nitrogens with one attached hydrogen (secondary N) is 1. The van der Waals surface area contributed by atoms with Crippen LogP contribution in [-0.4, -0.2) is 42.4 Å². The Labute approximate surface area is 154 Å². The fourth-order valence-corrected chi connectivity index (χ4v) is 1.71. The summed E-state index contributed by atoms with van der Waals surface area (Å²) in [5, 5.41) is 2.62. The summed E-state index contributed by atoms with van der Waals surface area (Å²) in [4.78, 5) is 46.8. The van der Waals surface area contributed by atoms with Crippen LogP contribution in [0, 0.1) is 5.41 Å². The van der Waals surface area contributed by atoms with E-state index in [4.69, 9.17) is 9.47 Å². The second-order valence-corrected chi connectivity index (χ2v) is 7.82. The Morgan fingerprint density at radius 3 is 1.73 bits per heavy atom. The van der Waals surface area contributed by atoms with Crippen molar-refractivity contribution in [1.82, 2.24) is 5.32 Å². The number of ether oxygens (including phenoxy) is 2. The number of esters is 2. The van der Waals surface area contributed by atoms with E-state index >= 15 is 0 Å². The van der Waals surface area contributed by atoms with Gasteiger partial charge in [0.2, 0.25) is 5.91 Å². The lowest BCUT2D eigenvalue weighted by Crippen LogP contribution is -2.48. The molecule has 0 saturated carbocycles. The highest BCUT2D eigenvalue weighted by atomic mass is 16.6. The SMILES string of the molecule is C=C(C)C(=O)CC(C)(C)COC(=O)C(=O)OCC(C)(C)NC(=O)C(=C)C. The molecule has 1 amide bonds. The second kappa shape index (κ2) is 9.31. The van der Waals surface area contributed by atoms with Crippen molar-refractivity contribution in [3.63, 3.8) is 0 Å². The third-order valence-electron chi connectivity index (χ3n) is 3.28. The maximum Gasteiger partial charge on any atom is 0.417 e. The first kappa shape index (κ1) is 23.6. The number of carbonyl (C=O) groups is 4. The van der Waals surface area contributed by atoms with Crippen molar-refractivity contribution in [3.8, 4) is 0 Å². The van der Waals surface area contributed by atoms with Crippen molar-refractivity contribution >= 4 is 23.6 Å². The number of allylic oxidation sites excluding steroid dienone is 1. The van der Waals surface area contributed by atoms with Crippen molar-refractivity contribution in [2.45, 2.75) is 53.5 Å². The summed E-state index contributed by atoms with van der Waals surface area (Å²) < 4.78 is 9.83. The number of hydrogen-bond donors (Lipinski definition) is 1. The Bertz CT molecular complexity index is 562. The van der Waals surface area contributed by atoms with E-state index in [0.717, 1.165) is 0 Å². The van der Waals surface area contributed by atoms with Gasteiger partial charge in [0.25, 0.3) is 0 Å². The third kappa shape index (κ3) is 9.15. The highest BCUT2D eigenvalue weighted by Gasteiger charge is 2.29. The summed E-state index contributed by atoms with van der Waals surface area (Å²) in [5.41, 5.74) is -0.780. The monoisotopic (exact) mass is 367 g/mol. The van der Waals surface area contributed by atoms with Gasteiger partial charge in [-0.1, -0.05) is 27.0 Å². The Balaban J connectivity index is 4.50. The summed E-state index contributed by atoms with van der Waals surface area (Å²) in [6.45, 7) is 16.7. The average molecular weight is 367 g/mol. The summed E-state index contributed by atoms with van der Waals surface area (Å²) >= 11 is 0. The van der Waals surface area contributed by atoms with Crippen LogP contribution < -0.4 is 5.32 Å². The van der Waals surface area contributed by atoms with Crippen LogP contribution in [0.5, 0.6) is 0 Å². The predicted molar refractivity (Wildman–Crippen MR) is 97.2 cm³/mol. The van der Waals surface area contributed by atoms with E-state index in [1.807, 2.05) is 0 Å². The molecule has 0 aliphatic heterocycles. The summed E-state index contributed by atoms with van der Waals surface area (Å²) in [6.07, 6.45) is 0.143. The van der Waals surface area contributed by atoms with Crippen LogP contribution in [0.25, 0.3) is 0 Å². The van der Waals surface area contributed by atoms with Gasteiger partial charge in [0, 0.05) is 17.4 Å².